The topological polar surface area (TPSA) is 109 Å². The lowest BCUT2D eigenvalue weighted by atomic mass is 9.89. The number of amides is 1. The molecule has 0 bridgehead atoms. The van der Waals surface area contributed by atoms with E-state index >= 15 is 0 Å². The van der Waals surface area contributed by atoms with E-state index in [1.54, 1.807) is 27.3 Å². The van der Waals surface area contributed by atoms with Gasteiger partial charge in [-0.1, -0.05) is 12.1 Å². The van der Waals surface area contributed by atoms with E-state index in [2.05, 4.69) is 15.6 Å². The molecule has 2 aromatic carbocycles. The number of H-pyrrole nitrogens is 1. The molecule has 1 aromatic heterocycles. The number of methoxy groups -OCH3 is 2. The highest BCUT2D eigenvalue weighted by molar-refractivity contribution is 6.30. The Balaban J connectivity index is 1.90. The van der Waals surface area contributed by atoms with Crippen molar-refractivity contribution >= 4 is 34.0 Å². The SMILES string of the molecule is CNC1=C(c2nc3ccccc3[nH]2)C(=O)C(C)(CCNC(C)=O)N1c1cc(OC)cc(OC)c1. The van der Waals surface area contributed by atoms with Crippen LogP contribution in [0, 0.1) is 0 Å². The Labute approximate surface area is 198 Å². The summed E-state index contributed by atoms with van der Waals surface area (Å²) < 4.78 is 11.0. The van der Waals surface area contributed by atoms with Crippen molar-refractivity contribution < 1.29 is 19.1 Å². The van der Waals surface area contributed by atoms with Gasteiger partial charge in [0.1, 0.15) is 34.3 Å². The van der Waals surface area contributed by atoms with Crippen molar-refractivity contribution in [1.29, 1.82) is 0 Å². The molecule has 0 aliphatic carbocycles. The first-order valence-corrected chi connectivity index (χ1v) is 11.0. The largest absolute Gasteiger partial charge is 0.497 e. The zero-order chi connectivity index (χ0) is 24.5. The Morgan fingerprint density at radius 2 is 1.82 bits per heavy atom. The van der Waals surface area contributed by atoms with E-state index in [1.165, 1.54) is 6.92 Å². The second-order valence-electron chi connectivity index (χ2n) is 8.32. The Bertz CT molecular complexity index is 1230. The van der Waals surface area contributed by atoms with Gasteiger partial charge in [0.2, 0.25) is 5.91 Å². The van der Waals surface area contributed by atoms with Crippen molar-refractivity contribution in [2.75, 3.05) is 32.7 Å². The second kappa shape index (κ2) is 9.09. The molecule has 9 heteroatoms. The highest BCUT2D eigenvalue weighted by Crippen LogP contribution is 2.44. The number of rotatable bonds is 8. The number of anilines is 1. The number of nitrogens with one attached hydrogen (secondary N) is 3. The van der Waals surface area contributed by atoms with Gasteiger partial charge in [-0.05, 0) is 25.5 Å². The Morgan fingerprint density at radius 1 is 1.15 bits per heavy atom. The Morgan fingerprint density at radius 3 is 2.41 bits per heavy atom. The highest BCUT2D eigenvalue weighted by atomic mass is 16.5. The first kappa shape index (κ1) is 23.2. The molecule has 0 spiro atoms. The highest BCUT2D eigenvalue weighted by Gasteiger charge is 2.51. The summed E-state index contributed by atoms with van der Waals surface area (Å²) in [5.74, 6) is 2.02. The van der Waals surface area contributed by atoms with Crippen LogP contribution in [0.4, 0.5) is 5.69 Å². The molecule has 9 nitrogen and oxygen atoms in total. The second-order valence-corrected chi connectivity index (χ2v) is 8.32. The van der Waals surface area contributed by atoms with Gasteiger partial charge in [-0.3, -0.25) is 9.59 Å². The van der Waals surface area contributed by atoms with Crippen LogP contribution in [0.2, 0.25) is 0 Å². The number of Topliss-reactive ketones (excluding diaryl/α,β-unsaturated/α-hetero) is 1. The smallest absolute Gasteiger partial charge is 0.216 e. The molecule has 1 aliphatic heterocycles. The van der Waals surface area contributed by atoms with Crippen LogP contribution in [0.3, 0.4) is 0 Å². The molecule has 1 unspecified atom stereocenters. The molecule has 1 atom stereocenters. The van der Waals surface area contributed by atoms with Crippen molar-refractivity contribution in [1.82, 2.24) is 20.6 Å². The predicted molar refractivity (Wildman–Crippen MR) is 131 cm³/mol. The van der Waals surface area contributed by atoms with Crippen LogP contribution in [0.15, 0.2) is 48.3 Å². The number of carbonyl (C=O) groups is 2. The molecule has 2 heterocycles. The fraction of sp³-hybridized carbons (Fsp3) is 0.320. The lowest BCUT2D eigenvalue weighted by molar-refractivity contribution is -0.120. The van der Waals surface area contributed by atoms with E-state index in [0.29, 0.717) is 47.4 Å². The van der Waals surface area contributed by atoms with Crippen molar-refractivity contribution in [2.24, 2.45) is 0 Å². The van der Waals surface area contributed by atoms with Crippen molar-refractivity contribution in [3.05, 3.63) is 54.1 Å². The fourth-order valence-corrected chi connectivity index (χ4v) is 4.41. The van der Waals surface area contributed by atoms with Crippen LogP contribution in [-0.2, 0) is 9.59 Å². The number of imidazole rings is 1. The molecule has 178 valence electrons. The molecular weight excluding hydrogens is 434 g/mol. The van der Waals surface area contributed by atoms with Crippen molar-refractivity contribution in [3.8, 4) is 11.5 Å². The molecule has 3 N–H and O–H groups in total. The third-order valence-corrected chi connectivity index (χ3v) is 6.11. The average Bonchev–Trinajstić information content (AvgIpc) is 3.35. The van der Waals surface area contributed by atoms with Gasteiger partial charge in [-0.15, -0.1) is 0 Å². The van der Waals surface area contributed by atoms with E-state index < -0.39 is 5.54 Å². The number of hydrogen-bond donors (Lipinski definition) is 3. The first-order chi connectivity index (χ1) is 16.3. The lowest BCUT2D eigenvalue weighted by Crippen LogP contribution is -2.50. The molecule has 1 amide bonds. The van der Waals surface area contributed by atoms with Gasteiger partial charge in [0.15, 0.2) is 5.78 Å². The van der Waals surface area contributed by atoms with Crippen LogP contribution < -0.4 is 25.0 Å². The third kappa shape index (κ3) is 3.93. The summed E-state index contributed by atoms with van der Waals surface area (Å²) in [7, 11) is 4.94. The van der Waals surface area contributed by atoms with Crippen LogP contribution >= 0.6 is 0 Å². The maximum absolute atomic E-state index is 14.1. The van der Waals surface area contributed by atoms with E-state index in [4.69, 9.17) is 14.5 Å². The van der Waals surface area contributed by atoms with E-state index in [9.17, 15) is 9.59 Å². The van der Waals surface area contributed by atoms with Crippen LogP contribution in [0.1, 0.15) is 26.1 Å². The van der Waals surface area contributed by atoms with Gasteiger partial charge in [0, 0.05) is 38.7 Å². The number of fused-ring (bicyclic) bond motifs is 1. The molecule has 0 saturated carbocycles. The number of aromatic nitrogens is 2. The number of nitrogens with zero attached hydrogens (tertiary/aromatic N) is 2. The molecule has 0 fully saturated rings. The molecular formula is C25H29N5O4. The minimum Gasteiger partial charge on any atom is -0.497 e. The summed E-state index contributed by atoms with van der Waals surface area (Å²) in [5, 5.41) is 6.04. The lowest BCUT2D eigenvalue weighted by Gasteiger charge is -2.37. The maximum Gasteiger partial charge on any atom is 0.216 e. The number of aromatic amines is 1. The predicted octanol–water partition coefficient (Wildman–Crippen LogP) is 2.84. The summed E-state index contributed by atoms with van der Waals surface area (Å²) in [4.78, 5) is 35.5. The number of benzene rings is 2. The number of carbonyl (C=O) groups excluding carboxylic acids is 2. The quantitative estimate of drug-likeness (QED) is 0.471. The summed E-state index contributed by atoms with van der Waals surface area (Å²) in [6.45, 7) is 3.66. The molecule has 3 aromatic rings. The molecule has 0 radical (unpaired) electrons. The van der Waals surface area contributed by atoms with E-state index in [-0.39, 0.29) is 11.7 Å². The maximum atomic E-state index is 14.1. The summed E-state index contributed by atoms with van der Waals surface area (Å²) in [5.41, 5.74) is 1.77. The molecule has 0 saturated heterocycles. The number of hydrogen-bond acceptors (Lipinski definition) is 7. The zero-order valence-electron chi connectivity index (χ0n) is 20.0. The number of ketones is 1. The fourth-order valence-electron chi connectivity index (χ4n) is 4.41. The minimum atomic E-state index is -1.01. The van der Waals surface area contributed by atoms with Gasteiger partial charge in [-0.2, -0.15) is 0 Å². The summed E-state index contributed by atoms with van der Waals surface area (Å²) in [6.07, 6.45) is 0.375. The molecule has 1 aliphatic rings. The standard InChI is InChI=1S/C25H29N5O4/c1-15(31)27-11-10-25(2)22(32)21(23-28-19-8-6-7-9-20(19)29-23)24(26-3)30(25)16-12-17(33-4)14-18(13-16)34-5/h6-9,12-14,26H,10-11H2,1-5H3,(H,27,31)(H,28,29). The number of para-hydroxylation sites is 2. The van der Waals surface area contributed by atoms with Crippen LogP contribution in [-0.4, -0.2) is 55.0 Å². The zero-order valence-corrected chi connectivity index (χ0v) is 20.0. The van der Waals surface area contributed by atoms with E-state index in [0.717, 1.165) is 11.0 Å². The van der Waals surface area contributed by atoms with Crippen LogP contribution in [0.25, 0.3) is 16.6 Å². The van der Waals surface area contributed by atoms with Crippen molar-refractivity contribution in [3.63, 3.8) is 0 Å². The van der Waals surface area contributed by atoms with Crippen LogP contribution in [0.5, 0.6) is 11.5 Å². The molecule has 34 heavy (non-hydrogen) atoms. The van der Waals surface area contributed by atoms with Gasteiger partial charge in [0.05, 0.1) is 30.9 Å². The summed E-state index contributed by atoms with van der Waals surface area (Å²) >= 11 is 0. The van der Waals surface area contributed by atoms with Gasteiger partial charge in [-0.25, -0.2) is 4.98 Å². The van der Waals surface area contributed by atoms with E-state index in [1.807, 2.05) is 48.2 Å². The van der Waals surface area contributed by atoms with Gasteiger partial charge >= 0.3 is 0 Å². The number of ether oxygens (including phenoxy) is 2. The summed E-state index contributed by atoms with van der Waals surface area (Å²) in [6, 6.07) is 13.1. The van der Waals surface area contributed by atoms with Gasteiger partial charge < -0.3 is 30.0 Å². The van der Waals surface area contributed by atoms with Gasteiger partial charge in [0.25, 0.3) is 0 Å². The third-order valence-electron chi connectivity index (χ3n) is 6.11. The Hall–Kier alpha value is -4.01. The monoisotopic (exact) mass is 463 g/mol. The molecule has 4 rings (SSSR count). The Kier molecular flexibility index (Phi) is 6.19. The minimum absolute atomic E-state index is 0.108. The van der Waals surface area contributed by atoms with Crippen molar-refractivity contribution in [2.45, 2.75) is 25.8 Å². The first-order valence-electron chi connectivity index (χ1n) is 11.0. The normalized spacial score (nSPS) is 17.9. The average molecular weight is 464 g/mol.